The molecule has 2 rings (SSSR count). The van der Waals surface area contributed by atoms with Crippen molar-refractivity contribution in [3.05, 3.63) is 39.2 Å². The zero-order chi connectivity index (χ0) is 8.55. The monoisotopic (exact) mass is 164 g/mol. The van der Waals surface area contributed by atoms with Crippen LogP contribution in [-0.4, -0.2) is 9.97 Å². The Balaban J connectivity index is 3.06. The van der Waals surface area contributed by atoms with E-state index in [1.54, 1.807) is 0 Å². The van der Waals surface area contributed by atoms with Gasteiger partial charge in [-0.1, -0.05) is 0 Å². The molecule has 1 N–H and O–H groups in total. The Morgan fingerprint density at radius 1 is 1.42 bits per heavy atom. The maximum atomic E-state index is 11.1. The van der Waals surface area contributed by atoms with Crippen LogP contribution in [0.4, 0.5) is 0 Å². The summed E-state index contributed by atoms with van der Waals surface area (Å²) in [6.07, 6.45) is 2.42. The fourth-order valence-electron chi connectivity index (χ4n) is 0.901. The fraction of sp³-hybridized carbons (Fsp3) is 0. The highest BCUT2D eigenvalue weighted by Gasteiger charge is 1.99. The number of hydrogen-bond donors (Lipinski definition) is 1. The molecule has 2 aromatic heterocycles. The van der Waals surface area contributed by atoms with E-state index in [0.717, 1.165) is 0 Å². The predicted molar refractivity (Wildman–Crippen MR) is 40.9 cm³/mol. The molecule has 2 aromatic rings. The van der Waals surface area contributed by atoms with Gasteiger partial charge in [0.05, 0.1) is 6.26 Å². The number of fused-ring (bicyclic) bond motifs is 1. The van der Waals surface area contributed by atoms with Crippen LogP contribution < -0.4 is 11.1 Å². The van der Waals surface area contributed by atoms with Gasteiger partial charge in [0.25, 0.3) is 0 Å². The molecule has 0 unspecified atom stereocenters. The third kappa shape index (κ3) is 0.914. The fourth-order valence-corrected chi connectivity index (χ4v) is 0.901. The highest BCUT2D eigenvalue weighted by atomic mass is 16.3. The number of rotatable bonds is 0. The van der Waals surface area contributed by atoms with E-state index >= 15 is 0 Å². The zero-order valence-electron chi connectivity index (χ0n) is 5.90. The van der Waals surface area contributed by atoms with Crippen molar-refractivity contribution in [3.63, 3.8) is 0 Å². The molecule has 0 aromatic carbocycles. The molecule has 0 bridgehead atoms. The smallest absolute Gasteiger partial charge is 0.347 e. The molecule has 0 aliphatic carbocycles. The van der Waals surface area contributed by atoms with Crippen LogP contribution in [0.15, 0.2) is 32.5 Å². The number of aromatic amines is 1. The third-order valence-corrected chi connectivity index (χ3v) is 1.45. The van der Waals surface area contributed by atoms with Crippen molar-refractivity contribution in [2.24, 2.45) is 0 Å². The molecule has 0 spiro atoms. The van der Waals surface area contributed by atoms with Crippen LogP contribution >= 0.6 is 0 Å². The van der Waals surface area contributed by atoms with Crippen LogP contribution in [-0.2, 0) is 0 Å². The lowest BCUT2D eigenvalue weighted by atomic mass is 10.3. The van der Waals surface area contributed by atoms with Crippen molar-refractivity contribution >= 4 is 11.1 Å². The minimum Gasteiger partial charge on any atom is -0.448 e. The number of H-pyrrole nitrogens is 1. The summed E-state index contributed by atoms with van der Waals surface area (Å²) in [6.45, 7) is 0. The molecular formula is C7H4N2O3. The van der Waals surface area contributed by atoms with Gasteiger partial charge in [0.15, 0.2) is 5.43 Å². The summed E-state index contributed by atoms with van der Waals surface area (Å²) in [7, 11) is 0. The van der Waals surface area contributed by atoms with Gasteiger partial charge in [0, 0.05) is 12.3 Å². The summed E-state index contributed by atoms with van der Waals surface area (Å²) in [5.41, 5.74) is -0.598. The molecule has 0 saturated carbocycles. The quantitative estimate of drug-likeness (QED) is 0.588. The van der Waals surface area contributed by atoms with E-state index in [1.807, 2.05) is 0 Å². The first-order valence-corrected chi connectivity index (χ1v) is 3.24. The summed E-state index contributed by atoms with van der Waals surface area (Å²) in [6, 6.07) is 1.27. The molecule has 0 radical (unpaired) electrons. The minimum absolute atomic E-state index is 0.155. The van der Waals surface area contributed by atoms with E-state index in [4.69, 9.17) is 4.42 Å². The number of aromatic nitrogens is 2. The standard InChI is InChI=1S/C7H4N2O3/c10-5-1-2-12-6-4(5)3-8-7(11)9-6/h1-3H,(H,8,9,11). The Morgan fingerprint density at radius 2 is 2.25 bits per heavy atom. The van der Waals surface area contributed by atoms with Gasteiger partial charge in [-0.15, -0.1) is 0 Å². The summed E-state index contributed by atoms with van der Waals surface area (Å²) in [5, 5.41) is 0.275. The largest absolute Gasteiger partial charge is 0.448 e. The second-order valence-corrected chi connectivity index (χ2v) is 2.22. The van der Waals surface area contributed by atoms with Crippen LogP contribution in [0, 0.1) is 0 Å². The Hall–Kier alpha value is -1.91. The van der Waals surface area contributed by atoms with Crippen LogP contribution in [0.3, 0.4) is 0 Å². The van der Waals surface area contributed by atoms with Crippen LogP contribution in [0.1, 0.15) is 0 Å². The molecule has 0 amide bonds. The molecule has 12 heavy (non-hydrogen) atoms. The van der Waals surface area contributed by atoms with E-state index in [2.05, 4.69) is 9.97 Å². The normalized spacial score (nSPS) is 10.3. The van der Waals surface area contributed by atoms with Gasteiger partial charge >= 0.3 is 5.69 Å². The average molecular weight is 164 g/mol. The van der Waals surface area contributed by atoms with E-state index in [9.17, 15) is 9.59 Å². The Morgan fingerprint density at radius 3 is 3.08 bits per heavy atom. The summed E-state index contributed by atoms with van der Waals surface area (Å²) >= 11 is 0. The second-order valence-electron chi connectivity index (χ2n) is 2.22. The third-order valence-electron chi connectivity index (χ3n) is 1.45. The van der Waals surface area contributed by atoms with Crippen molar-refractivity contribution < 1.29 is 4.42 Å². The first-order chi connectivity index (χ1) is 5.77. The van der Waals surface area contributed by atoms with Gasteiger partial charge in [0.2, 0.25) is 5.71 Å². The molecule has 5 heteroatoms. The van der Waals surface area contributed by atoms with E-state index < -0.39 is 5.69 Å². The molecule has 0 atom stereocenters. The number of nitrogens with one attached hydrogen (secondary N) is 1. The van der Waals surface area contributed by atoms with Crippen molar-refractivity contribution in [2.75, 3.05) is 0 Å². The lowest BCUT2D eigenvalue weighted by Crippen LogP contribution is -2.11. The number of nitrogens with zero attached hydrogens (tertiary/aromatic N) is 1. The molecule has 60 valence electrons. The molecule has 0 fully saturated rings. The SMILES string of the molecule is O=c1ncc2c(=O)ccoc2[nH]1. The molecular weight excluding hydrogens is 160 g/mol. The van der Waals surface area contributed by atoms with Gasteiger partial charge in [-0.25, -0.2) is 9.78 Å². The topological polar surface area (TPSA) is 76.0 Å². The Kier molecular flexibility index (Phi) is 1.30. The minimum atomic E-state index is -0.531. The molecule has 5 nitrogen and oxygen atoms in total. The molecule has 2 heterocycles. The van der Waals surface area contributed by atoms with E-state index in [1.165, 1.54) is 18.5 Å². The van der Waals surface area contributed by atoms with Crippen LogP contribution in [0.2, 0.25) is 0 Å². The molecule has 0 saturated heterocycles. The first-order valence-electron chi connectivity index (χ1n) is 3.24. The van der Waals surface area contributed by atoms with E-state index in [0.29, 0.717) is 0 Å². The van der Waals surface area contributed by atoms with Crippen molar-refractivity contribution in [1.29, 1.82) is 0 Å². The summed E-state index contributed by atoms with van der Waals surface area (Å²) in [5.74, 6) is 0. The highest BCUT2D eigenvalue weighted by Crippen LogP contribution is 1.99. The maximum Gasteiger partial charge on any atom is 0.347 e. The maximum absolute atomic E-state index is 11.1. The van der Waals surface area contributed by atoms with Gasteiger partial charge in [-0.3, -0.25) is 9.78 Å². The Labute approximate surface area is 65.7 Å². The molecule has 0 aliphatic heterocycles. The highest BCUT2D eigenvalue weighted by molar-refractivity contribution is 5.70. The van der Waals surface area contributed by atoms with E-state index in [-0.39, 0.29) is 16.5 Å². The zero-order valence-corrected chi connectivity index (χ0v) is 5.90. The van der Waals surface area contributed by atoms with Gasteiger partial charge in [-0.2, -0.15) is 0 Å². The first kappa shape index (κ1) is 6.78. The summed E-state index contributed by atoms with van der Waals surface area (Å²) in [4.78, 5) is 27.4. The second kappa shape index (κ2) is 2.30. The van der Waals surface area contributed by atoms with Crippen molar-refractivity contribution in [2.45, 2.75) is 0 Å². The number of hydrogen-bond acceptors (Lipinski definition) is 4. The van der Waals surface area contributed by atoms with Crippen LogP contribution in [0.25, 0.3) is 11.1 Å². The lowest BCUT2D eigenvalue weighted by Gasteiger charge is -1.90. The van der Waals surface area contributed by atoms with Crippen molar-refractivity contribution in [3.8, 4) is 0 Å². The van der Waals surface area contributed by atoms with Gasteiger partial charge in [-0.05, 0) is 0 Å². The van der Waals surface area contributed by atoms with Crippen LogP contribution in [0.5, 0.6) is 0 Å². The Bertz CT molecular complexity index is 526. The van der Waals surface area contributed by atoms with Gasteiger partial charge < -0.3 is 4.42 Å². The lowest BCUT2D eigenvalue weighted by molar-refractivity contribution is 0.586. The molecule has 0 aliphatic rings. The van der Waals surface area contributed by atoms with Gasteiger partial charge in [0.1, 0.15) is 5.39 Å². The predicted octanol–water partition coefficient (Wildman–Crippen LogP) is -0.124. The summed E-state index contributed by atoms with van der Waals surface area (Å²) < 4.78 is 4.88. The van der Waals surface area contributed by atoms with Crippen molar-refractivity contribution in [1.82, 2.24) is 9.97 Å². The average Bonchev–Trinajstić information content (AvgIpc) is 2.04.